The lowest BCUT2D eigenvalue weighted by atomic mass is 10.1. The van der Waals surface area contributed by atoms with Gasteiger partial charge in [-0.3, -0.25) is 9.35 Å². The Balaban J connectivity index is 1.53. The first kappa shape index (κ1) is 18.1. The van der Waals surface area contributed by atoms with E-state index in [0.717, 1.165) is 44.5 Å². The van der Waals surface area contributed by atoms with Gasteiger partial charge in [-0.2, -0.15) is 12.7 Å². The Hall–Kier alpha value is -2.94. The maximum absolute atomic E-state index is 12.5. The van der Waals surface area contributed by atoms with E-state index in [0.29, 0.717) is 11.3 Å². The van der Waals surface area contributed by atoms with Crippen LogP contribution in [-0.2, 0) is 16.8 Å². The Bertz CT molecular complexity index is 1400. The second-order valence-electron chi connectivity index (χ2n) is 7.46. The minimum atomic E-state index is -4.24. The summed E-state index contributed by atoms with van der Waals surface area (Å²) < 4.78 is 33.9. The minimum absolute atomic E-state index is 0.122. The Kier molecular flexibility index (Phi) is 4.09. The zero-order valence-corrected chi connectivity index (χ0v) is 16.2. The smallest absolute Gasteiger partial charge is 0.336 e. The second kappa shape index (κ2) is 6.55. The molecule has 0 aliphatic heterocycles. The molecule has 1 fully saturated rings. The maximum atomic E-state index is 12.5. The third-order valence-electron chi connectivity index (χ3n) is 5.32. The first-order valence-electron chi connectivity index (χ1n) is 9.37. The van der Waals surface area contributed by atoms with E-state index in [1.807, 2.05) is 54.6 Å². The summed E-state index contributed by atoms with van der Waals surface area (Å²) in [5.74, 6) is 0. The number of benzene rings is 2. The Labute approximate surface area is 166 Å². The van der Waals surface area contributed by atoms with Crippen molar-refractivity contribution < 1.29 is 13.0 Å². The molecule has 8 heteroatoms. The number of nitrogens with zero attached hydrogens (tertiary/aromatic N) is 1. The molecular weight excluding hydrogens is 390 g/mol. The molecule has 0 bridgehead atoms. The molecule has 2 aromatic heterocycles. The van der Waals surface area contributed by atoms with Crippen LogP contribution in [0.1, 0.15) is 18.4 Å². The molecule has 1 aliphatic rings. The monoisotopic (exact) mass is 409 g/mol. The lowest BCUT2D eigenvalue weighted by Crippen LogP contribution is -2.31. The first-order valence-corrected chi connectivity index (χ1v) is 10.8. The molecule has 2 aromatic carbocycles. The van der Waals surface area contributed by atoms with Crippen LogP contribution in [0.5, 0.6) is 0 Å². The zero-order valence-electron chi connectivity index (χ0n) is 15.4. The maximum Gasteiger partial charge on any atom is 0.336 e. The average molecular weight is 409 g/mol. The molecule has 0 amide bonds. The molecule has 5 rings (SSSR count). The average Bonchev–Trinajstić information content (AvgIpc) is 3.42. The Morgan fingerprint density at radius 3 is 2.48 bits per heavy atom. The second-order valence-corrected chi connectivity index (χ2v) is 8.82. The summed E-state index contributed by atoms with van der Waals surface area (Å²) >= 11 is 0. The lowest BCUT2D eigenvalue weighted by Gasteiger charge is -2.17. The van der Waals surface area contributed by atoms with E-state index in [4.69, 9.17) is 0 Å². The fourth-order valence-corrected chi connectivity index (χ4v) is 4.61. The van der Waals surface area contributed by atoms with Crippen molar-refractivity contribution in [3.8, 4) is 11.3 Å². The number of para-hydroxylation sites is 1. The van der Waals surface area contributed by atoms with Crippen molar-refractivity contribution in [3.05, 3.63) is 70.5 Å². The molecule has 2 heterocycles. The van der Waals surface area contributed by atoms with E-state index in [1.165, 1.54) is 0 Å². The van der Waals surface area contributed by atoms with Gasteiger partial charge >= 0.3 is 10.3 Å². The quantitative estimate of drug-likeness (QED) is 0.439. The van der Waals surface area contributed by atoms with E-state index in [2.05, 4.69) is 9.97 Å². The molecule has 0 radical (unpaired) electrons. The SMILES string of the molecule is O=c1[nH]c2ccccc2cc1-c1cc2cc(CN(C3CC3)S(=O)(=O)O)ccc2[nH]1. The number of fused-ring (bicyclic) bond motifs is 2. The van der Waals surface area contributed by atoms with Crippen LogP contribution in [-0.4, -0.2) is 33.3 Å². The molecule has 4 aromatic rings. The Morgan fingerprint density at radius 2 is 1.72 bits per heavy atom. The van der Waals surface area contributed by atoms with Crippen molar-refractivity contribution in [2.45, 2.75) is 25.4 Å². The van der Waals surface area contributed by atoms with Gasteiger partial charge in [0.2, 0.25) is 0 Å². The van der Waals surface area contributed by atoms with Gasteiger partial charge in [0.1, 0.15) is 0 Å². The number of hydrogen-bond acceptors (Lipinski definition) is 3. The van der Waals surface area contributed by atoms with Gasteiger partial charge < -0.3 is 9.97 Å². The molecule has 0 saturated heterocycles. The van der Waals surface area contributed by atoms with E-state index in [-0.39, 0.29) is 18.1 Å². The van der Waals surface area contributed by atoms with Gasteiger partial charge in [0.05, 0.1) is 11.3 Å². The third kappa shape index (κ3) is 3.46. The number of hydrogen-bond donors (Lipinski definition) is 3. The number of pyridine rings is 1. The van der Waals surface area contributed by atoms with Gasteiger partial charge in [-0.1, -0.05) is 24.3 Å². The van der Waals surface area contributed by atoms with Crippen LogP contribution >= 0.6 is 0 Å². The summed E-state index contributed by atoms with van der Waals surface area (Å²) in [5, 5.41) is 1.81. The number of H-pyrrole nitrogens is 2. The van der Waals surface area contributed by atoms with Crippen LogP contribution in [0.15, 0.2) is 59.4 Å². The largest absolute Gasteiger partial charge is 0.354 e. The van der Waals surface area contributed by atoms with Gasteiger partial charge in [0.25, 0.3) is 5.56 Å². The van der Waals surface area contributed by atoms with Crippen LogP contribution in [0, 0.1) is 0 Å². The van der Waals surface area contributed by atoms with Gasteiger partial charge in [-0.25, -0.2) is 0 Å². The van der Waals surface area contributed by atoms with Crippen LogP contribution < -0.4 is 5.56 Å². The minimum Gasteiger partial charge on any atom is -0.354 e. The van der Waals surface area contributed by atoms with Crippen LogP contribution in [0.2, 0.25) is 0 Å². The standard InChI is InChI=1S/C21H19N3O4S/c25-21-17(10-14-3-1-2-4-18(14)23-21)20-11-15-9-13(5-8-19(15)22-20)12-24(16-6-7-16)29(26,27)28/h1-5,8-11,16,22H,6-7,12H2,(H,23,25)(H,26,27,28). The predicted octanol–water partition coefficient (Wildman–Crippen LogP) is 3.44. The van der Waals surface area contributed by atoms with Crippen molar-refractivity contribution in [3.63, 3.8) is 0 Å². The highest BCUT2D eigenvalue weighted by atomic mass is 32.2. The fraction of sp³-hybridized carbons (Fsp3) is 0.190. The summed E-state index contributed by atoms with van der Waals surface area (Å²) in [6, 6.07) is 16.8. The summed E-state index contributed by atoms with van der Waals surface area (Å²) in [6.07, 6.45) is 1.53. The van der Waals surface area contributed by atoms with Crippen LogP contribution in [0.25, 0.3) is 33.1 Å². The number of aromatic nitrogens is 2. The first-order chi connectivity index (χ1) is 13.9. The highest BCUT2D eigenvalue weighted by molar-refractivity contribution is 7.83. The van der Waals surface area contributed by atoms with Gasteiger partial charge in [-0.05, 0) is 54.1 Å². The van der Waals surface area contributed by atoms with E-state index < -0.39 is 10.3 Å². The molecule has 0 unspecified atom stereocenters. The number of rotatable bonds is 5. The topological polar surface area (TPSA) is 106 Å². The molecule has 3 N–H and O–H groups in total. The molecule has 0 spiro atoms. The van der Waals surface area contributed by atoms with Crippen LogP contribution in [0.3, 0.4) is 0 Å². The normalized spacial score (nSPS) is 14.8. The molecular formula is C21H19N3O4S. The summed E-state index contributed by atoms with van der Waals surface area (Å²) in [7, 11) is -4.24. The van der Waals surface area contributed by atoms with Crippen molar-refractivity contribution in [1.29, 1.82) is 0 Å². The van der Waals surface area contributed by atoms with Crippen molar-refractivity contribution in [2.75, 3.05) is 0 Å². The molecule has 0 atom stereocenters. The third-order valence-corrected chi connectivity index (χ3v) is 6.34. The molecule has 1 aliphatic carbocycles. The van der Waals surface area contributed by atoms with E-state index in [1.54, 1.807) is 0 Å². The number of aromatic amines is 2. The summed E-state index contributed by atoms with van der Waals surface area (Å²) in [5.41, 5.74) is 3.46. The molecule has 148 valence electrons. The molecule has 29 heavy (non-hydrogen) atoms. The number of nitrogens with one attached hydrogen (secondary N) is 2. The summed E-state index contributed by atoms with van der Waals surface area (Å²) in [4.78, 5) is 18.7. The fourth-order valence-electron chi connectivity index (χ4n) is 3.71. The van der Waals surface area contributed by atoms with Gasteiger partial charge in [-0.15, -0.1) is 0 Å². The highest BCUT2D eigenvalue weighted by Gasteiger charge is 2.36. The Morgan fingerprint density at radius 1 is 0.966 bits per heavy atom. The van der Waals surface area contributed by atoms with Gasteiger partial charge in [0.15, 0.2) is 0 Å². The zero-order chi connectivity index (χ0) is 20.2. The lowest BCUT2D eigenvalue weighted by molar-refractivity contribution is 0.340. The summed E-state index contributed by atoms with van der Waals surface area (Å²) in [6.45, 7) is 0.122. The molecule has 1 saturated carbocycles. The van der Waals surface area contributed by atoms with E-state index in [9.17, 15) is 17.8 Å². The highest BCUT2D eigenvalue weighted by Crippen LogP contribution is 2.31. The van der Waals surface area contributed by atoms with Gasteiger partial charge in [0, 0.05) is 29.0 Å². The van der Waals surface area contributed by atoms with E-state index >= 15 is 0 Å². The van der Waals surface area contributed by atoms with Crippen molar-refractivity contribution in [2.24, 2.45) is 0 Å². The van der Waals surface area contributed by atoms with Crippen molar-refractivity contribution in [1.82, 2.24) is 14.3 Å². The molecule has 7 nitrogen and oxygen atoms in total. The predicted molar refractivity (Wildman–Crippen MR) is 112 cm³/mol. The van der Waals surface area contributed by atoms with Crippen LogP contribution in [0.4, 0.5) is 0 Å². The van der Waals surface area contributed by atoms with Crippen molar-refractivity contribution >= 4 is 32.1 Å².